The van der Waals surface area contributed by atoms with Crippen LogP contribution in [-0.2, 0) is 0 Å². The normalized spacial score (nSPS) is 12.9. The molecule has 4 aromatic heterocycles. The van der Waals surface area contributed by atoms with Crippen LogP contribution in [0.5, 0.6) is 0 Å². The van der Waals surface area contributed by atoms with Crippen molar-refractivity contribution in [3.05, 3.63) is 237 Å². The third kappa shape index (κ3) is 5.05. The van der Waals surface area contributed by atoms with Crippen molar-refractivity contribution < 1.29 is 0 Å². The Morgan fingerprint density at radius 3 is 1.39 bits per heavy atom. The zero-order valence-corrected chi connectivity index (χ0v) is 41.4. The number of hydrogen-bond donors (Lipinski definition) is 0. The first-order valence-corrected chi connectivity index (χ1v) is 26.7. The van der Waals surface area contributed by atoms with Crippen molar-refractivity contribution in [2.45, 2.75) is 0 Å². The van der Waals surface area contributed by atoms with E-state index in [1.165, 1.54) is 158 Å². The molecule has 17 aromatic rings. The van der Waals surface area contributed by atoms with Gasteiger partial charge in [0, 0.05) is 61.6 Å². The van der Waals surface area contributed by atoms with Crippen LogP contribution in [0.1, 0.15) is 0 Å². The molecule has 0 N–H and O–H groups in total. The minimum Gasteiger partial charge on any atom is -0.310 e. The molecule has 13 aromatic carbocycles. The van der Waals surface area contributed by atoms with Gasteiger partial charge < -0.3 is 9.13 Å². The van der Waals surface area contributed by atoms with Gasteiger partial charge in [-0.2, -0.15) is 0 Å². The van der Waals surface area contributed by atoms with Crippen LogP contribution < -0.4 is 16.4 Å². The molecule has 350 valence electrons. The van der Waals surface area contributed by atoms with E-state index in [0.717, 1.165) is 21.8 Å². The second-order valence-corrected chi connectivity index (χ2v) is 21.5. The Morgan fingerprint density at radius 2 is 0.753 bits per heavy atom. The predicted octanol–water partition coefficient (Wildman–Crippen LogP) is 16.4. The molecule has 0 saturated carbocycles. The van der Waals surface area contributed by atoms with E-state index in [1.54, 1.807) is 0 Å². The molecular formula is C72H39BN4. The molecule has 4 nitrogen and oxygen atoms in total. The summed E-state index contributed by atoms with van der Waals surface area (Å²) >= 11 is 0. The SMILES string of the molecule is c1cc2c3c(c1)-n1c4cc5c6ccccc6c6ccccc6c5cc4c4cc5c6ccccc6c6ccccc6c5c(c41)B3c1cc(-c3ccnc4ccccc34)cc3c4cc(-c5ccnc6ccccc56)ccc4n-2c13. The van der Waals surface area contributed by atoms with Gasteiger partial charge in [-0.1, -0.05) is 152 Å². The van der Waals surface area contributed by atoms with Gasteiger partial charge in [0.15, 0.2) is 0 Å². The molecule has 2 aliphatic rings. The van der Waals surface area contributed by atoms with Gasteiger partial charge in [-0.25, -0.2) is 0 Å². The second kappa shape index (κ2) is 14.4. The first kappa shape index (κ1) is 40.3. The average Bonchev–Trinajstić information content (AvgIpc) is 4.25. The summed E-state index contributed by atoms with van der Waals surface area (Å²) in [6, 6.07) is 84.7. The monoisotopic (exact) mass is 970 g/mol. The predicted molar refractivity (Wildman–Crippen MR) is 326 cm³/mol. The summed E-state index contributed by atoms with van der Waals surface area (Å²) in [5, 5.41) is 22.7. The largest absolute Gasteiger partial charge is 0.310 e. The molecule has 0 radical (unpaired) electrons. The molecule has 19 rings (SSSR count). The molecule has 0 atom stereocenters. The fourth-order valence-corrected chi connectivity index (χ4v) is 14.9. The summed E-state index contributed by atoms with van der Waals surface area (Å²) in [6.45, 7) is -0.124. The Bertz CT molecular complexity index is 5600. The summed E-state index contributed by atoms with van der Waals surface area (Å²) in [5.41, 5.74) is 18.2. The Balaban J connectivity index is 1.04. The van der Waals surface area contributed by atoms with Crippen LogP contribution in [0, 0.1) is 0 Å². The van der Waals surface area contributed by atoms with Crippen molar-refractivity contribution in [2.24, 2.45) is 0 Å². The summed E-state index contributed by atoms with van der Waals surface area (Å²) in [4.78, 5) is 9.67. The van der Waals surface area contributed by atoms with Crippen molar-refractivity contribution in [1.29, 1.82) is 0 Å². The highest BCUT2D eigenvalue weighted by molar-refractivity contribution is 7.02. The molecule has 2 aliphatic heterocycles. The van der Waals surface area contributed by atoms with Gasteiger partial charge in [0.2, 0.25) is 0 Å². The van der Waals surface area contributed by atoms with Crippen LogP contribution >= 0.6 is 0 Å². The molecule has 0 amide bonds. The Kier molecular flexibility index (Phi) is 7.53. The topological polar surface area (TPSA) is 35.6 Å². The van der Waals surface area contributed by atoms with Gasteiger partial charge >= 0.3 is 0 Å². The van der Waals surface area contributed by atoms with Crippen molar-refractivity contribution >= 4 is 153 Å². The Labute approximate surface area is 440 Å². The Morgan fingerprint density at radius 1 is 0.286 bits per heavy atom. The van der Waals surface area contributed by atoms with E-state index >= 15 is 0 Å². The lowest BCUT2D eigenvalue weighted by Crippen LogP contribution is -2.59. The minimum absolute atomic E-state index is 0.124. The standard InChI is InChI=1S/C72H39BN4/c1-4-18-48-44(14-1)45-15-2-5-19-49(45)55-39-67-57(37-54(48)55)60-38-58-50-20-6-3-16-46(50)47-17-7-8-23-53(47)68(58)70-72(60)77(67)66-27-13-26-65-69(66)73(70)61-36-41(43-31-33-75-63-25-12-10-22-52(43)63)35-59-56-34-40(28-29-64(56)76(65)71(59)61)42-30-32-74-62-24-11-9-21-51(42)62/h1-39H. The molecule has 77 heavy (non-hydrogen) atoms. The highest BCUT2D eigenvalue weighted by Gasteiger charge is 2.43. The number of rotatable bonds is 2. The highest BCUT2D eigenvalue weighted by atomic mass is 15.0. The van der Waals surface area contributed by atoms with Gasteiger partial charge in [-0.05, 0) is 176 Å². The molecule has 0 aliphatic carbocycles. The second-order valence-electron chi connectivity index (χ2n) is 21.5. The summed E-state index contributed by atoms with van der Waals surface area (Å²) in [5.74, 6) is 0. The van der Waals surface area contributed by atoms with Crippen molar-refractivity contribution in [1.82, 2.24) is 19.1 Å². The third-order valence-electron chi connectivity index (χ3n) is 17.9. The number of benzene rings is 13. The molecule has 0 bridgehead atoms. The maximum absolute atomic E-state index is 4.89. The summed E-state index contributed by atoms with van der Waals surface area (Å²) in [7, 11) is 0. The number of para-hydroxylation sites is 2. The van der Waals surface area contributed by atoms with E-state index < -0.39 is 0 Å². The zero-order valence-electron chi connectivity index (χ0n) is 41.4. The zero-order chi connectivity index (χ0) is 49.8. The maximum atomic E-state index is 4.89. The smallest absolute Gasteiger partial charge is 0.253 e. The number of aromatic nitrogens is 4. The van der Waals surface area contributed by atoms with Crippen molar-refractivity contribution in [3.8, 4) is 33.6 Å². The average molecular weight is 971 g/mol. The van der Waals surface area contributed by atoms with Gasteiger partial charge in [0.25, 0.3) is 6.71 Å². The number of pyridine rings is 2. The highest BCUT2D eigenvalue weighted by Crippen LogP contribution is 2.47. The lowest BCUT2D eigenvalue weighted by Gasteiger charge is -2.35. The van der Waals surface area contributed by atoms with Crippen LogP contribution in [0.2, 0.25) is 0 Å². The van der Waals surface area contributed by atoms with E-state index in [1.807, 2.05) is 12.4 Å². The van der Waals surface area contributed by atoms with Gasteiger partial charge in [-0.3, -0.25) is 9.97 Å². The maximum Gasteiger partial charge on any atom is 0.253 e. The van der Waals surface area contributed by atoms with Gasteiger partial charge in [0.05, 0.1) is 27.6 Å². The van der Waals surface area contributed by atoms with Crippen molar-refractivity contribution in [3.63, 3.8) is 0 Å². The molecule has 0 saturated heterocycles. The fourth-order valence-electron chi connectivity index (χ4n) is 14.9. The van der Waals surface area contributed by atoms with E-state index in [9.17, 15) is 0 Å². The fraction of sp³-hybridized carbons (Fsp3) is 0. The third-order valence-corrected chi connectivity index (χ3v) is 17.9. The number of hydrogen-bond acceptors (Lipinski definition) is 2. The molecule has 0 spiro atoms. The first-order valence-electron chi connectivity index (χ1n) is 26.7. The van der Waals surface area contributed by atoms with Crippen LogP contribution in [0.25, 0.3) is 164 Å². The molecular weight excluding hydrogens is 932 g/mol. The number of nitrogens with zero attached hydrogens (tertiary/aromatic N) is 4. The summed E-state index contributed by atoms with van der Waals surface area (Å²) in [6.07, 6.45) is 3.93. The molecule has 6 heterocycles. The van der Waals surface area contributed by atoms with E-state index in [4.69, 9.17) is 9.97 Å². The van der Waals surface area contributed by atoms with E-state index in [0.29, 0.717) is 0 Å². The van der Waals surface area contributed by atoms with Crippen LogP contribution in [0.15, 0.2) is 237 Å². The molecule has 5 heteroatoms. The molecule has 0 fully saturated rings. The molecule has 0 unspecified atom stereocenters. The van der Waals surface area contributed by atoms with Gasteiger partial charge in [-0.15, -0.1) is 0 Å². The lowest BCUT2D eigenvalue weighted by molar-refractivity contribution is 1.14. The van der Waals surface area contributed by atoms with Crippen LogP contribution in [0.4, 0.5) is 0 Å². The minimum atomic E-state index is -0.124. The summed E-state index contributed by atoms with van der Waals surface area (Å²) < 4.78 is 5.28. The Hall–Kier alpha value is -10.1. The van der Waals surface area contributed by atoms with Crippen LogP contribution in [-0.4, -0.2) is 25.8 Å². The lowest BCUT2D eigenvalue weighted by atomic mass is 9.33. The quantitative estimate of drug-likeness (QED) is 0.128. The van der Waals surface area contributed by atoms with Crippen LogP contribution in [0.3, 0.4) is 0 Å². The van der Waals surface area contributed by atoms with E-state index in [-0.39, 0.29) is 6.71 Å². The number of fused-ring (bicyclic) bond motifs is 25. The van der Waals surface area contributed by atoms with Crippen molar-refractivity contribution in [2.75, 3.05) is 0 Å². The van der Waals surface area contributed by atoms with E-state index in [2.05, 4.69) is 234 Å². The first-order chi connectivity index (χ1) is 38.2. The van der Waals surface area contributed by atoms with Gasteiger partial charge in [0.1, 0.15) is 0 Å².